The molecule has 21 heavy (non-hydrogen) atoms. The van der Waals surface area contributed by atoms with Gasteiger partial charge in [0.2, 0.25) is 0 Å². The Morgan fingerprint density at radius 2 is 2.05 bits per heavy atom. The summed E-state index contributed by atoms with van der Waals surface area (Å²) in [6.07, 6.45) is 0. The maximum absolute atomic E-state index is 12.4. The molecule has 0 aliphatic heterocycles. The van der Waals surface area contributed by atoms with Gasteiger partial charge >= 0.3 is 0 Å². The summed E-state index contributed by atoms with van der Waals surface area (Å²) in [4.78, 5) is 12.4. The minimum Gasteiger partial charge on any atom is -0.361 e. The minimum absolute atomic E-state index is 0.194. The molecular weight excluding hydrogens is 284 g/mol. The van der Waals surface area contributed by atoms with E-state index < -0.39 is 0 Å². The van der Waals surface area contributed by atoms with Gasteiger partial charge in [0.15, 0.2) is 5.78 Å². The Bertz CT molecular complexity index is 636. The zero-order valence-electron chi connectivity index (χ0n) is 13.3. The number of Topliss-reactive ketones (excluding diaryl/α,β-unsaturated/α-hetero) is 1. The highest BCUT2D eigenvalue weighted by Gasteiger charge is 2.16. The third kappa shape index (κ3) is 3.23. The Labute approximate surface area is 129 Å². The fourth-order valence-corrected chi connectivity index (χ4v) is 3.66. The molecule has 4 nitrogen and oxygen atoms in total. The second-order valence-corrected chi connectivity index (χ2v) is 6.23. The number of thioether (sulfide) groups is 1. The first-order chi connectivity index (χ1) is 9.95. The summed E-state index contributed by atoms with van der Waals surface area (Å²) in [7, 11) is 0. The number of ketones is 1. The van der Waals surface area contributed by atoms with Crippen molar-refractivity contribution in [1.82, 2.24) is 9.72 Å². The third-order valence-electron chi connectivity index (χ3n) is 3.85. The first kappa shape index (κ1) is 15.9. The summed E-state index contributed by atoms with van der Waals surface area (Å²) in [5.74, 6) is 2.29. The highest BCUT2D eigenvalue weighted by atomic mass is 32.2. The topological polar surface area (TPSA) is 48.0 Å². The number of rotatable bonds is 6. The van der Waals surface area contributed by atoms with Gasteiger partial charge in [-0.05, 0) is 40.7 Å². The van der Waals surface area contributed by atoms with Crippen LogP contribution in [-0.4, -0.2) is 21.3 Å². The highest BCUT2D eigenvalue weighted by Crippen LogP contribution is 2.22. The van der Waals surface area contributed by atoms with E-state index in [0.717, 1.165) is 46.3 Å². The number of aromatic nitrogens is 2. The van der Waals surface area contributed by atoms with Gasteiger partial charge in [0.1, 0.15) is 5.76 Å². The van der Waals surface area contributed by atoms with Gasteiger partial charge in [0, 0.05) is 34.8 Å². The van der Waals surface area contributed by atoms with Crippen molar-refractivity contribution in [1.29, 1.82) is 0 Å². The Morgan fingerprint density at radius 3 is 2.57 bits per heavy atom. The van der Waals surface area contributed by atoms with Gasteiger partial charge < -0.3 is 9.09 Å². The Balaban J connectivity index is 2.00. The zero-order chi connectivity index (χ0) is 15.6. The Hall–Kier alpha value is -1.49. The fraction of sp³-hybridized carbons (Fsp3) is 0.500. The van der Waals surface area contributed by atoms with Crippen LogP contribution in [0.25, 0.3) is 0 Å². The molecule has 0 saturated carbocycles. The van der Waals surface area contributed by atoms with Crippen LogP contribution in [-0.2, 0) is 12.3 Å². The molecule has 0 atom stereocenters. The molecule has 114 valence electrons. The van der Waals surface area contributed by atoms with Crippen molar-refractivity contribution in [2.75, 3.05) is 5.75 Å². The highest BCUT2D eigenvalue weighted by molar-refractivity contribution is 7.99. The first-order valence-corrected chi connectivity index (χ1v) is 8.30. The summed E-state index contributed by atoms with van der Waals surface area (Å²) >= 11 is 1.61. The second-order valence-electron chi connectivity index (χ2n) is 5.25. The van der Waals surface area contributed by atoms with Gasteiger partial charge in [-0.25, -0.2) is 0 Å². The SMILES string of the molecule is CCn1c(C)cc(C(=O)CSCc2c(C)noc2C)c1C. The van der Waals surface area contributed by atoms with Crippen LogP contribution in [0, 0.1) is 27.7 Å². The van der Waals surface area contributed by atoms with Crippen LogP contribution in [0.4, 0.5) is 0 Å². The molecule has 0 radical (unpaired) electrons. The average Bonchev–Trinajstić information content (AvgIpc) is 2.91. The second kappa shape index (κ2) is 6.52. The molecule has 0 spiro atoms. The molecule has 2 heterocycles. The third-order valence-corrected chi connectivity index (χ3v) is 4.81. The van der Waals surface area contributed by atoms with Gasteiger partial charge in [0.05, 0.1) is 11.4 Å². The Kier molecular flexibility index (Phi) is 4.93. The van der Waals surface area contributed by atoms with Crippen LogP contribution in [0.2, 0.25) is 0 Å². The standard InChI is InChI=1S/C16H22N2O2S/c1-6-18-10(2)7-14(12(18)4)16(19)9-21-8-15-11(3)17-20-13(15)5/h7H,6,8-9H2,1-5H3. The maximum Gasteiger partial charge on any atom is 0.174 e. The molecule has 0 N–H and O–H groups in total. The predicted octanol–water partition coefficient (Wildman–Crippen LogP) is 3.85. The van der Waals surface area contributed by atoms with Gasteiger partial charge in [-0.2, -0.15) is 0 Å². The van der Waals surface area contributed by atoms with E-state index in [2.05, 4.69) is 16.6 Å². The van der Waals surface area contributed by atoms with Crippen molar-refractivity contribution in [2.24, 2.45) is 0 Å². The van der Waals surface area contributed by atoms with E-state index in [-0.39, 0.29) is 5.78 Å². The zero-order valence-corrected chi connectivity index (χ0v) is 14.1. The van der Waals surface area contributed by atoms with E-state index in [4.69, 9.17) is 4.52 Å². The average molecular weight is 306 g/mol. The first-order valence-electron chi connectivity index (χ1n) is 7.15. The molecule has 0 saturated heterocycles. The van der Waals surface area contributed by atoms with E-state index in [1.54, 1.807) is 11.8 Å². The number of hydrogen-bond donors (Lipinski definition) is 0. The lowest BCUT2D eigenvalue weighted by Gasteiger charge is -2.05. The summed E-state index contributed by atoms with van der Waals surface area (Å²) < 4.78 is 7.31. The largest absolute Gasteiger partial charge is 0.361 e. The molecule has 0 aromatic carbocycles. The van der Waals surface area contributed by atoms with Crippen LogP contribution >= 0.6 is 11.8 Å². The van der Waals surface area contributed by atoms with Crippen molar-refractivity contribution in [3.05, 3.63) is 40.0 Å². The van der Waals surface area contributed by atoms with Crippen molar-refractivity contribution in [2.45, 2.75) is 46.9 Å². The molecule has 0 aliphatic carbocycles. The molecule has 5 heteroatoms. The van der Waals surface area contributed by atoms with Gasteiger partial charge in [-0.1, -0.05) is 5.16 Å². The molecule has 2 aromatic heterocycles. The molecule has 2 aromatic rings. The summed E-state index contributed by atoms with van der Waals surface area (Å²) in [5, 5.41) is 3.94. The molecule has 0 fully saturated rings. The normalized spacial score (nSPS) is 11.1. The van der Waals surface area contributed by atoms with Crippen molar-refractivity contribution < 1.29 is 9.32 Å². The van der Waals surface area contributed by atoms with Crippen molar-refractivity contribution in [3.8, 4) is 0 Å². The summed E-state index contributed by atoms with van der Waals surface area (Å²) in [6, 6.07) is 2.00. The lowest BCUT2D eigenvalue weighted by atomic mass is 10.2. The number of hydrogen-bond acceptors (Lipinski definition) is 4. The molecule has 0 amide bonds. The quantitative estimate of drug-likeness (QED) is 0.761. The summed E-state index contributed by atoms with van der Waals surface area (Å²) in [5.41, 5.74) is 5.08. The Morgan fingerprint density at radius 1 is 1.33 bits per heavy atom. The summed E-state index contributed by atoms with van der Waals surface area (Å²) in [6.45, 7) is 10.9. The lowest BCUT2D eigenvalue weighted by molar-refractivity contribution is 0.102. The molecule has 0 bridgehead atoms. The van der Waals surface area contributed by atoms with Crippen molar-refractivity contribution in [3.63, 3.8) is 0 Å². The van der Waals surface area contributed by atoms with E-state index in [9.17, 15) is 4.79 Å². The minimum atomic E-state index is 0.194. The number of carbonyl (C=O) groups excluding carboxylic acids is 1. The molecule has 0 unspecified atom stereocenters. The van der Waals surface area contributed by atoms with Crippen molar-refractivity contribution >= 4 is 17.5 Å². The predicted molar refractivity (Wildman–Crippen MR) is 86.0 cm³/mol. The molecule has 0 aliphatic rings. The van der Waals surface area contributed by atoms with Crippen LogP contribution in [0.15, 0.2) is 10.6 Å². The monoisotopic (exact) mass is 306 g/mol. The molecule has 2 rings (SSSR count). The number of aryl methyl sites for hydroxylation is 3. The maximum atomic E-state index is 12.4. The van der Waals surface area contributed by atoms with Crippen LogP contribution in [0.3, 0.4) is 0 Å². The van der Waals surface area contributed by atoms with Gasteiger partial charge in [0.25, 0.3) is 0 Å². The number of nitrogens with zero attached hydrogens (tertiary/aromatic N) is 2. The van der Waals surface area contributed by atoms with Gasteiger partial charge in [-0.3, -0.25) is 4.79 Å². The fourth-order valence-electron chi connectivity index (χ4n) is 2.60. The molecular formula is C16H22N2O2S. The van der Waals surface area contributed by atoms with E-state index in [0.29, 0.717) is 5.75 Å². The number of carbonyl (C=O) groups is 1. The smallest absolute Gasteiger partial charge is 0.174 e. The van der Waals surface area contributed by atoms with Crippen LogP contribution < -0.4 is 0 Å². The van der Waals surface area contributed by atoms with Crippen LogP contribution in [0.5, 0.6) is 0 Å². The van der Waals surface area contributed by atoms with Gasteiger partial charge in [-0.15, -0.1) is 11.8 Å². The van der Waals surface area contributed by atoms with E-state index in [1.807, 2.05) is 33.8 Å². The lowest BCUT2D eigenvalue weighted by Crippen LogP contribution is -2.06. The van der Waals surface area contributed by atoms with Crippen LogP contribution in [0.1, 0.15) is 45.7 Å². The van der Waals surface area contributed by atoms with E-state index in [1.165, 1.54) is 0 Å². The van der Waals surface area contributed by atoms with E-state index >= 15 is 0 Å².